The van der Waals surface area contributed by atoms with Gasteiger partial charge in [-0.1, -0.05) is 18.2 Å². The second kappa shape index (κ2) is 9.78. The number of hydrogen-bond acceptors (Lipinski definition) is 4. The second-order valence-corrected chi connectivity index (χ2v) is 5.56. The molecule has 5 nitrogen and oxygen atoms in total. The quantitative estimate of drug-likeness (QED) is 0.799. The van der Waals surface area contributed by atoms with Gasteiger partial charge in [-0.05, 0) is 25.7 Å². The minimum atomic E-state index is -0.627. The SMILES string of the molecule is CN(C)CCOC(=O)[C@H](N)Cc1cn(C)c2ccccc12.Cl.Cl. The number of carbonyl (C=O) groups is 1. The summed E-state index contributed by atoms with van der Waals surface area (Å²) in [5, 5.41) is 1.14. The van der Waals surface area contributed by atoms with Crippen LogP contribution in [0.25, 0.3) is 10.9 Å². The number of rotatable bonds is 6. The van der Waals surface area contributed by atoms with Crippen LogP contribution in [0.1, 0.15) is 5.56 Å². The van der Waals surface area contributed by atoms with Gasteiger partial charge in [0.25, 0.3) is 0 Å². The van der Waals surface area contributed by atoms with E-state index in [9.17, 15) is 4.79 Å². The predicted octanol–water partition coefficient (Wildman–Crippen LogP) is 2.00. The van der Waals surface area contributed by atoms with E-state index >= 15 is 0 Å². The smallest absolute Gasteiger partial charge is 0.323 e. The first-order valence-corrected chi connectivity index (χ1v) is 7.09. The molecule has 1 atom stereocenters. The van der Waals surface area contributed by atoms with E-state index in [2.05, 4.69) is 16.7 Å². The Kier molecular flexibility index (Phi) is 9.24. The minimum absolute atomic E-state index is 0. The van der Waals surface area contributed by atoms with Gasteiger partial charge in [0.15, 0.2) is 0 Å². The number of likely N-dealkylation sites (N-methyl/N-ethyl adjacent to an activating group) is 1. The molecule has 0 amide bonds. The predicted molar refractivity (Wildman–Crippen MR) is 98.6 cm³/mol. The zero-order chi connectivity index (χ0) is 15.4. The monoisotopic (exact) mass is 361 g/mol. The van der Waals surface area contributed by atoms with Crippen molar-refractivity contribution in [3.05, 3.63) is 36.0 Å². The zero-order valence-corrected chi connectivity index (χ0v) is 15.3. The standard InChI is InChI=1S/C16H23N3O2.2ClH/c1-18(2)8-9-21-16(20)14(17)10-12-11-19(3)15-7-5-4-6-13(12)15;;/h4-7,11,14H,8-10,17H2,1-3H3;2*1H/t14-;;/m1../s1. The van der Waals surface area contributed by atoms with Crippen molar-refractivity contribution in [3.8, 4) is 0 Å². The molecular weight excluding hydrogens is 337 g/mol. The van der Waals surface area contributed by atoms with Crippen molar-refractivity contribution >= 4 is 41.7 Å². The molecule has 2 aromatic rings. The van der Waals surface area contributed by atoms with Crippen LogP contribution in [0.4, 0.5) is 0 Å². The van der Waals surface area contributed by atoms with Crippen LogP contribution in [0, 0.1) is 0 Å². The first kappa shape index (κ1) is 21.7. The van der Waals surface area contributed by atoms with E-state index in [1.165, 1.54) is 0 Å². The van der Waals surface area contributed by atoms with Gasteiger partial charge in [0, 0.05) is 37.1 Å². The first-order valence-electron chi connectivity index (χ1n) is 7.09. The van der Waals surface area contributed by atoms with Crippen molar-refractivity contribution in [3.63, 3.8) is 0 Å². The van der Waals surface area contributed by atoms with E-state index in [4.69, 9.17) is 10.5 Å². The number of fused-ring (bicyclic) bond motifs is 1. The highest BCUT2D eigenvalue weighted by molar-refractivity contribution is 5.86. The molecule has 1 aromatic carbocycles. The van der Waals surface area contributed by atoms with Crippen LogP contribution in [-0.4, -0.2) is 48.7 Å². The number of esters is 1. The van der Waals surface area contributed by atoms with Crippen LogP contribution in [0.2, 0.25) is 0 Å². The summed E-state index contributed by atoms with van der Waals surface area (Å²) in [6, 6.07) is 7.47. The maximum Gasteiger partial charge on any atom is 0.323 e. The lowest BCUT2D eigenvalue weighted by molar-refractivity contribution is -0.145. The third kappa shape index (κ3) is 5.70. The molecule has 0 saturated heterocycles. The Balaban J connectivity index is 0.00000242. The molecule has 0 saturated carbocycles. The number of halogens is 2. The number of nitrogens with two attached hydrogens (primary N) is 1. The number of para-hydroxylation sites is 1. The van der Waals surface area contributed by atoms with Crippen molar-refractivity contribution in [2.75, 3.05) is 27.2 Å². The Labute approximate surface area is 149 Å². The minimum Gasteiger partial charge on any atom is -0.463 e. The molecule has 23 heavy (non-hydrogen) atoms. The molecule has 0 fully saturated rings. The third-order valence-electron chi connectivity index (χ3n) is 3.50. The lowest BCUT2D eigenvalue weighted by Gasteiger charge is -2.13. The molecule has 0 bridgehead atoms. The Bertz CT molecular complexity index is 629. The maximum absolute atomic E-state index is 11.9. The van der Waals surface area contributed by atoms with Crippen molar-refractivity contribution in [2.24, 2.45) is 12.8 Å². The van der Waals surface area contributed by atoms with Crippen molar-refractivity contribution in [1.82, 2.24) is 9.47 Å². The normalized spacial score (nSPS) is 11.7. The average Bonchev–Trinajstić information content (AvgIpc) is 2.75. The average molecular weight is 362 g/mol. The summed E-state index contributed by atoms with van der Waals surface area (Å²) in [7, 11) is 5.86. The summed E-state index contributed by atoms with van der Waals surface area (Å²) in [4.78, 5) is 13.9. The fourth-order valence-corrected chi connectivity index (χ4v) is 2.34. The van der Waals surface area contributed by atoms with E-state index in [-0.39, 0.29) is 30.8 Å². The molecule has 0 unspecified atom stereocenters. The van der Waals surface area contributed by atoms with Gasteiger partial charge >= 0.3 is 5.97 Å². The van der Waals surface area contributed by atoms with Gasteiger partial charge in [-0.2, -0.15) is 0 Å². The van der Waals surface area contributed by atoms with Gasteiger partial charge in [-0.15, -0.1) is 24.8 Å². The molecule has 1 aromatic heterocycles. The van der Waals surface area contributed by atoms with E-state index < -0.39 is 6.04 Å². The lowest BCUT2D eigenvalue weighted by atomic mass is 10.1. The molecule has 7 heteroatoms. The third-order valence-corrected chi connectivity index (χ3v) is 3.50. The van der Waals surface area contributed by atoms with Gasteiger partial charge < -0.3 is 19.9 Å². The van der Waals surface area contributed by atoms with Crippen molar-refractivity contribution < 1.29 is 9.53 Å². The molecule has 130 valence electrons. The van der Waals surface area contributed by atoms with Crippen LogP contribution in [0.3, 0.4) is 0 Å². The van der Waals surface area contributed by atoms with E-state index in [1.807, 2.05) is 44.4 Å². The summed E-state index contributed by atoms with van der Waals surface area (Å²) in [6.07, 6.45) is 2.51. The van der Waals surface area contributed by atoms with Crippen LogP contribution in [0.5, 0.6) is 0 Å². The van der Waals surface area contributed by atoms with E-state index in [0.717, 1.165) is 16.5 Å². The molecule has 2 rings (SSSR count). The summed E-state index contributed by atoms with van der Waals surface area (Å²) < 4.78 is 7.24. The Morgan fingerprint density at radius 1 is 1.30 bits per heavy atom. The molecule has 0 aliphatic carbocycles. The number of hydrogen-bond donors (Lipinski definition) is 1. The van der Waals surface area contributed by atoms with Gasteiger partial charge in [0.05, 0.1) is 0 Å². The van der Waals surface area contributed by atoms with Gasteiger partial charge in [0.2, 0.25) is 0 Å². The Morgan fingerprint density at radius 2 is 1.96 bits per heavy atom. The van der Waals surface area contributed by atoms with E-state index in [1.54, 1.807) is 0 Å². The molecule has 0 radical (unpaired) electrons. The fraction of sp³-hybridized carbons (Fsp3) is 0.438. The Hall–Kier alpha value is -1.27. The van der Waals surface area contributed by atoms with Crippen LogP contribution in [-0.2, 0) is 23.0 Å². The number of aromatic nitrogens is 1. The summed E-state index contributed by atoms with van der Waals surface area (Å²) in [5.41, 5.74) is 8.18. The number of ether oxygens (including phenoxy) is 1. The summed E-state index contributed by atoms with van der Waals surface area (Å²) in [5.74, 6) is -0.343. The molecule has 2 N–H and O–H groups in total. The molecule has 0 spiro atoms. The summed E-state index contributed by atoms with van der Waals surface area (Å²) >= 11 is 0. The van der Waals surface area contributed by atoms with E-state index in [0.29, 0.717) is 19.6 Å². The number of aryl methyl sites for hydroxylation is 1. The second-order valence-electron chi connectivity index (χ2n) is 5.56. The fourth-order valence-electron chi connectivity index (χ4n) is 2.34. The van der Waals surface area contributed by atoms with Crippen molar-refractivity contribution in [2.45, 2.75) is 12.5 Å². The summed E-state index contributed by atoms with van der Waals surface area (Å²) in [6.45, 7) is 1.07. The maximum atomic E-state index is 11.9. The first-order chi connectivity index (χ1) is 9.99. The van der Waals surface area contributed by atoms with Crippen LogP contribution < -0.4 is 5.73 Å². The van der Waals surface area contributed by atoms with Crippen LogP contribution in [0.15, 0.2) is 30.5 Å². The van der Waals surface area contributed by atoms with Gasteiger partial charge in [0.1, 0.15) is 12.6 Å². The van der Waals surface area contributed by atoms with Crippen LogP contribution >= 0.6 is 24.8 Å². The highest BCUT2D eigenvalue weighted by atomic mass is 35.5. The molecule has 0 aliphatic rings. The molecular formula is C16H25Cl2N3O2. The zero-order valence-electron chi connectivity index (χ0n) is 13.7. The highest BCUT2D eigenvalue weighted by Gasteiger charge is 2.18. The highest BCUT2D eigenvalue weighted by Crippen LogP contribution is 2.21. The number of benzene rings is 1. The topological polar surface area (TPSA) is 60.5 Å². The van der Waals surface area contributed by atoms with Gasteiger partial charge in [-0.3, -0.25) is 4.79 Å². The van der Waals surface area contributed by atoms with Crippen molar-refractivity contribution in [1.29, 1.82) is 0 Å². The molecule has 1 heterocycles. The number of nitrogens with zero attached hydrogens (tertiary/aromatic N) is 2. The lowest BCUT2D eigenvalue weighted by Crippen LogP contribution is -2.35. The van der Waals surface area contributed by atoms with Gasteiger partial charge in [-0.25, -0.2) is 0 Å². The molecule has 0 aliphatic heterocycles. The largest absolute Gasteiger partial charge is 0.463 e. The number of carbonyl (C=O) groups excluding carboxylic acids is 1. The Morgan fingerprint density at radius 3 is 2.61 bits per heavy atom.